The second-order valence-electron chi connectivity index (χ2n) is 8.10. The highest BCUT2D eigenvalue weighted by molar-refractivity contribution is 14.1. The summed E-state index contributed by atoms with van der Waals surface area (Å²) in [5.41, 5.74) is 4.98. The molecule has 0 radical (unpaired) electrons. The number of alkyl halides is 3. The summed E-state index contributed by atoms with van der Waals surface area (Å²) in [5, 5.41) is 3.42. The molecule has 0 spiro atoms. The SMILES string of the molecule is O=C(c1ccccc1)c1ccc(CNc2c(I)ccc3c2CCN(C(=O)C(F)(F)F)CC3)cc1. The third-order valence-electron chi connectivity index (χ3n) is 5.89. The van der Waals surface area contributed by atoms with Crippen molar-refractivity contribution in [1.82, 2.24) is 4.90 Å². The van der Waals surface area contributed by atoms with Gasteiger partial charge in [0.05, 0.1) is 5.69 Å². The molecule has 0 aromatic heterocycles. The van der Waals surface area contributed by atoms with Gasteiger partial charge in [0, 0.05) is 34.3 Å². The summed E-state index contributed by atoms with van der Waals surface area (Å²) >= 11 is 2.21. The van der Waals surface area contributed by atoms with Gasteiger partial charge < -0.3 is 10.2 Å². The van der Waals surface area contributed by atoms with Gasteiger partial charge in [0.2, 0.25) is 0 Å². The predicted octanol–water partition coefficient (Wildman–Crippen LogP) is 5.62. The van der Waals surface area contributed by atoms with Crippen molar-refractivity contribution in [2.24, 2.45) is 0 Å². The summed E-state index contributed by atoms with van der Waals surface area (Å²) in [5.74, 6) is -1.82. The first kappa shape index (κ1) is 24.3. The monoisotopic (exact) mass is 578 g/mol. The van der Waals surface area contributed by atoms with E-state index in [0.717, 1.165) is 30.8 Å². The number of carbonyl (C=O) groups excluding carboxylic acids is 2. The summed E-state index contributed by atoms with van der Waals surface area (Å²) in [7, 11) is 0. The molecule has 0 unspecified atom stereocenters. The van der Waals surface area contributed by atoms with E-state index in [1.807, 2.05) is 42.5 Å². The lowest BCUT2D eigenvalue weighted by molar-refractivity contribution is -0.185. The van der Waals surface area contributed by atoms with E-state index in [4.69, 9.17) is 0 Å². The minimum atomic E-state index is -4.86. The first-order valence-corrected chi connectivity index (χ1v) is 11.9. The minimum absolute atomic E-state index is 0.0242. The van der Waals surface area contributed by atoms with Crippen molar-refractivity contribution in [3.8, 4) is 0 Å². The van der Waals surface area contributed by atoms with Crippen LogP contribution in [-0.4, -0.2) is 35.9 Å². The molecule has 0 aliphatic carbocycles. The number of ketones is 1. The zero-order valence-electron chi connectivity index (χ0n) is 18.2. The van der Waals surface area contributed by atoms with Crippen LogP contribution in [-0.2, 0) is 24.2 Å². The van der Waals surface area contributed by atoms with Gasteiger partial charge in [-0.1, -0.05) is 60.7 Å². The Hall–Kier alpha value is -2.88. The number of halogens is 4. The number of carbonyl (C=O) groups is 2. The van der Waals surface area contributed by atoms with Crippen molar-refractivity contribution in [2.75, 3.05) is 18.4 Å². The molecule has 1 heterocycles. The van der Waals surface area contributed by atoms with Gasteiger partial charge >= 0.3 is 12.1 Å². The Morgan fingerprint density at radius 3 is 2.21 bits per heavy atom. The molecule has 4 nitrogen and oxygen atoms in total. The smallest absolute Gasteiger partial charge is 0.380 e. The molecule has 1 aliphatic rings. The lowest BCUT2D eigenvalue weighted by Gasteiger charge is -2.21. The Bertz CT molecular complexity index is 1200. The van der Waals surface area contributed by atoms with Crippen LogP contribution in [0.1, 0.15) is 32.6 Å². The van der Waals surface area contributed by atoms with Crippen molar-refractivity contribution in [2.45, 2.75) is 25.6 Å². The van der Waals surface area contributed by atoms with Gasteiger partial charge in [0.15, 0.2) is 5.78 Å². The minimum Gasteiger partial charge on any atom is -0.380 e. The molecule has 0 saturated heterocycles. The van der Waals surface area contributed by atoms with Gasteiger partial charge in [-0.25, -0.2) is 0 Å². The summed E-state index contributed by atoms with van der Waals surface area (Å²) in [6.07, 6.45) is -4.14. The van der Waals surface area contributed by atoms with E-state index in [-0.39, 0.29) is 18.9 Å². The Balaban J connectivity index is 1.47. The van der Waals surface area contributed by atoms with Crippen LogP contribution in [0.4, 0.5) is 18.9 Å². The number of hydrogen-bond acceptors (Lipinski definition) is 3. The molecule has 0 bridgehead atoms. The predicted molar refractivity (Wildman–Crippen MR) is 133 cm³/mol. The second kappa shape index (κ2) is 10.2. The van der Waals surface area contributed by atoms with Crippen LogP contribution < -0.4 is 5.32 Å². The van der Waals surface area contributed by atoms with Crippen molar-refractivity contribution < 1.29 is 22.8 Å². The topological polar surface area (TPSA) is 49.4 Å². The number of nitrogens with zero attached hydrogens (tertiary/aromatic N) is 1. The number of rotatable bonds is 5. The molecule has 34 heavy (non-hydrogen) atoms. The average Bonchev–Trinajstić information content (AvgIpc) is 3.05. The number of hydrogen-bond donors (Lipinski definition) is 1. The van der Waals surface area contributed by atoms with E-state index in [2.05, 4.69) is 27.9 Å². The highest BCUT2D eigenvalue weighted by Crippen LogP contribution is 2.31. The molecule has 176 valence electrons. The highest BCUT2D eigenvalue weighted by atomic mass is 127. The molecule has 1 amide bonds. The molecule has 0 saturated carbocycles. The molecule has 8 heteroatoms. The Labute approximate surface area is 209 Å². The maximum atomic E-state index is 12.9. The van der Waals surface area contributed by atoms with E-state index in [1.54, 1.807) is 24.3 Å². The van der Waals surface area contributed by atoms with E-state index in [0.29, 0.717) is 30.5 Å². The van der Waals surface area contributed by atoms with E-state index in [9.17, 15) is 22.8 Å². The van der Waals surface area contributed by atoms with Crippen LogP contribution in [0.2, 0.25) is 0 Å². The average molecular weight is 578 g/mol. The molecule has 4 rings (SSSR count). The summed E-state index contributed by atoms with van der Waals surface area (Å²) in [4.78, 5) is 25.2. The highest BCUT2D eigenvalue weighted by Gasteiger charge is 2.42. The third kappa shape index (κ3) is 5.43. The van der Waals surface area contributed by atoms with Crippen molar-refractivity contribution in [3.63, 3.8) is 0 Å². The summed E-state index contributed by atoms with van der Waals surface area (Å²) < 4.78 is 39.6. The molecule has 1 aliphatic heterocycles. The number of benzene rings is 3. The van der Waals surface area contributed by atoms with Gasteiger partial charge in [-0.05, 0) is 58.2 Å². The zero-order chi connectivity index (χ0) is 24.3. The largest absolute Gasteiger partial charge is 0.471 e. The summed E-state index contributed by atoms with van der Waals surface area (Å²) in [6.45, 7) is 0.566. The fourth-order valence-corrected chi connectivity index (χ4v) is 4.79. The zero-order valence-corrected chi connectivity index (χ0v) is 20.3. The Morgan fingerprint density at radius 1 is 0.882 bits per heavy atom. The molecule has 0 atom stereocenters. The van der Waals surface area contributed by atoms with Gasteiger partial charge in [0.1, 0.15) is 0 Å². The van der Waals surface area contributed by atoms with E-state index < -0.39 is 12.1 Å². The van der Waals surface area contributed by atoms with Crippen LogP contribution in [0.25, 0.3) is 0 Å². The summed E-state index contributed by atoms with van der Waals surface area (Å²) in [6, 6.07) is 20.3. The Kier molecular flexibility index (Phi) is 7.25. The fraction of sp³-hybridized carbons (Fsp3) is 0.231. The van der Waals surface area contributed by atoms with Crippen LogP contribution in [0.5, 0.6) is 0 Å². The Morgan fingerprint density at radius 2 is 1.53 bits per heavy atom. The standard InChI is InChI=1S/C26H22F3IN2O2/c27-26(28,29)25(34)32-14-12-18-10-11-22(30)23(21(18)13-15-32)31-16-17-6-8-20(9-7-17)24(33)19-4-2-1-3-5-19/h1-11,31H,12-16H2. The molecule has 0 fully saturated rings. The first-order chi connectivity index (χ1) is 16.2. The van der Waals surface area contributed by atoms with Gasteiger partial charge in [-0.2, -0.15) is 13.2 Å². The fourth-order valence-electron chi connectivity index (χ4n) is 4.09. The maximum absolute atomic E-state index is 12.9. The number of amides is 1. The second-order valence-corrected chi connectivity index (χ2v) is 9.26. The molecule has 1 N–H and O–H groups in total. The molecule has 3 aromatic carbocycles. The third-order valence-corrected chi connectivity index (χ3v) is 6.79. The van der Waals surface area contributed by atoms with E-state index >= 15 is 0 Å². The van der Waals surface area contributed by atoms with Gasteiger partial charge in [0.25, 0.3) is 0 Å². The van der Waals surface area contributed by atoms with Crippen LogP contribution in [0, 0.1) is 3.57 Å². The number of fused-ring (bicyclic) bond motifs is 1. The van der Waals surface area contributed by atoms with Crippen molar-refractivity contribution in [1.29, 1.82) is 0 Å². The first-order valence-electron chi connectivity index (χ1n) is 10.8. The lowest BCUT2D eigenvalue weighted by Crippen LogP contribution is -2.42. The lowest BCUT2D eigenvalue weighted by atomic mass is 10.0. The van der Waals surface area contributed by atoms with Gasteiger partial charge in [-0.3, -0.25) is 9.59 Å². The molecular weight excluding hydrogens is 556 g/mol. The number of nitrogens with one attached hydrogen (secondary N) is 1. The van der Waals surface area contributed by atoms with Crippen LogP contribution in [0.3, 0.4) is 0 Å². The van der Waals surface area contributed by atoms with Gasteiger partial charge in [-0.15, -0.1) is 0 Å². The molecular formula is C26H22F3IN2O2. The number of anilines is 1. The van der Waals surface area contributed by atoms with Crippen LogP contribution in [0.15, 0.2) is 66.7 Å². The normalized spacial score (nSPS) is 13.7. The van der Waals surface area contributed by atoms with Crippen molar-refractivity contribution >= 4 is 40.0 Å². The quantitative estimate of drug-likeness (QED) is 0.316. The van der Waals surface area contributed by atoms with Crippen molar-refractivity contribution in [3.05, 3.63) is 98.1 Å². The van der Waals surface area contributed by atoms with E-state index in [1.165, 1.54) is 0 Å². The van der Waals surface area contributed by atoms with Crippen LogP contribution >= 0.6 is 22.6 Å². The molecule has 3 aromatic rings. The maximum Gasteiger partial charge on any atom is 0.471 e.